The Bertz CT molecular complexity index is 727. The maximum atomic E-state index is 13.1. The quantitative estimate of drug-likeness (QED) is 0.765. The minimum atomic E-state index is -0.288. The molecule has 0 aromatic heterocycles. The zero-order chi connectivity index (χ0) is 16.4. The third-order valence-electron chi connectivity index (χ3n) is 3.48. The third-order valence-corrected chi connectivity index (χ3v) is 5.48. The summed E-state index contributed by atoms with van der Waals surface area (Å²) in [6.07, 6.45) is 0. The van der Waals surface area contributed by atoms with Crippen LogP contribution in [0.4, 0.5) is 14.9 Å². The van der Waals surface area contributed by atoms with Crippen LogP contribution < -0.4 is 5.32 Å². The van der Waals surface area contributed by atoms with Crippen LogP contribution >= 0.6 is 35.0 Å². The van der Waals surface area contributed by atoms with Gasteiger partial charge in [0.05, 0.1) is 10.0 Å². The Kier molecular flexibility index (Phi) is 4.99. The molecular weight excluding hydrogens is 358 g/mol. The molecule has 1 N–H and O–H groups in total. The van der Waals surface area contributed by atoms with E-state index in [9.17, 15) is 9.18 Å². The Morgan fingerprint density at radius 3 is 2.61 bits per heavy atom. The first-order valence-electron chi connectivity index (χ1n) is 6.94. The molecule has 0 aliphatic carbocycles. The molecule has 1 heterocycles. The van der Waals surface area contributed by atoms with Crippen LogP contribution in [0.3, 0.4) is 0 Å². The number of rotatable bonds is 2. The molecule has 0 radical (unpaired) electrons. The molecule has 3 nitrogen and oxygen atoms in total. The summed E-state index contributed by atoms with van der Waals surface area (Å²) in [7, 11) is 0. The summed E-state index contributed by atoms with van der Waals surface area (Å²) < 4.78 is 13.1. The van der Waals surface area contributed by atoms with Crippen LogP contribution in [0.2, 0.25) is 10.0 Å². The SMILES string of the molecule is O=C(Nc1ccc(Cl)c(Cl)c1)N1CCS[C@H]1c1ccc(F)cc1. The predicted molar refractivity (Wildman–Crippen MR) is 93.8 cm³/mol. The van der Waals surface area contributed by atoms with E-state index in [0.717, 1.165) is 11.3 Å². The highest BCUT2D eigenvalue weighted by Gasteiger charge is 2.30. The van der Waals surface area contributed by atoms with E-state index in [1.807, 2.05) is 0 Å². The summed E-state index contributed by atoms with van der Waals surface area (Å²) in [5.74, 6) is 0.542. The van der Waals surface area contributed by atoms with Gasteiger partial charge >= 0.3 is 6.03 Å². The maximum absolute atomic E-state index is 13.1. The largest absolute Gasteiger partial charge is 0.323 e. The van der Waals surface area contributed by atoms with Crippen molar-refractivity contribution >= 4 is 46.7 Å². The molecule has 1 aliphatic heterocycles. The summed E-state index contributed by atoms with van der Waals surface area (Å²) in [4.78, 5) is 14.2. The van der Waals surface area contributed by atoms with Gasteiger partial charge in [0.15, 0.2) is 0 Å². The lowest BCUT2D eigenvalue weighted by Gasteiger charge is -2.24. The molecular formula is C16H13Cl2FN2OS. The molecule has 2 aromatic rings. The molecule has 7 heteroatoms. The van der Waals surface area contributed by atoms with Crippen LogP contribution in [0.5, 0.6) is 0 Å². The Hall–Kier alpha value is -1.43. The van der Waals surface area contributed by atoms with Crippen molar-refractivity contribution in [3.05, 3.63) is 63.9 Å². The second-order valence-electron chi connectivity index (χ2n) is 5.03. The van der Waals surface area contributed by atoms with Crippen molar-refractivity contribution in [2.75, 3.05) is 17.6 Å². The average molecular weight is 371 g/mol. The summed E-state index contributed by atoms with van der Waals surface area (Å²) in [5.41, 5.74) is 1.48. The molecule has 0 bridgehead atoms. The van der Waals surface area contributed by atoms with Crippen molar-refractivity contribution in [2.45, 2.75) is 5.37 Å². The van der Waals surface area contributed by atoms with Crippen LogP contribution in [0.1, 0.15) is 10.9 Å². The van der Waals surface area contributed by atoms with Crippen LogP contribution in [-0.4, -0.2) is 23.2 Å². The van der Waals surface area contributed by atoms with Gasteiger partial charge in [0.25, 0.3) is 0 Å². The summed E-state index contributed by atoms with van der Waals surface area (Å²) in [6.45, 7) is 0.625. The van der Waals surface area contributed by atoms with Crippen LogP contribution in [0.15, 0.2) is 42.5 Å². The molecule has 1 fully saturated rings. The fraction of sp³-hybridized carbons (Fsp3) is 0.188. The van der Waals surface area contributed by atoms with E-state index >= 15 is 0 Å². The predicted octanol–water partition coefficient (Wildman–Crippen LogP) is 5.41. The Balaban J connectivity index is 1.75. The molecule has 1 atom stereocenters. The molecule has 0 saturated carbocycles. The normalized spacial score (nSPS) is 17.3. The number of thioether (sulfide) groups is 1. The molecule has 120 valence electrons. The number of urea groups is 1. The van der Waals surface area contributed by atoms with E-state index in [4.69, 9.17) is 23.2 Å². The van der Waals surface area contributed by atoms with Gasteiger partial charge in [0.2, 0.25) is 0 Å². The molecule has 3 rings (SSSR count). The third kappa shape index (κ3) is 3.74. The fourth-order valence-electron chi connectivity index (χ4n) is 2.35. The van der Waals surface area contributed by atoms with Gasteiger partial charge in [0, 0.05) is 18.0 Å². The molecule has 1 saturated heterocycles. The Labute approximate surface area is 147 Å². The second-order valence-corrected chi connectivity index (χ2v) is 7.03. The number of carbonyl (C=O) groups is 1. The lowest BCUT2D eigenvalue weighted by atomic mass is 10.2. The topological polar surface area (TPSA) is 32.3 Å². The van der Waals surface area contributed by atoms with E-state index in [1.165, 1.54) is 12.1 Å². The first-order valence-corrected chi connectivity index (χ1v) is 8.75. The van der Waals surface area contributed by atoms with Crippen LogP contribution in [0.25, 0.3) is 0 Å². The molecule has 2 amide bonds. The first-order chi connectivity index (χ1) is 11.0. The zero-order valence-electron chi connectivity index (χ0n) is 11.9. The standard InChI is InChI=1S/C16H13Cl2FN2OS/c17-13-6-5-12(9-14(13)18)20-16(22)21-7-8-23-15(21)10-1-3-11(19)4-2-10/h1-6,9,15H,7-8H2,(H,20,22)/t15-/m0/s1. The smallest absolute Gasteiger partial charge is 0.308 e. The average Bonchev–Trinajstić information content (AvgIpc) is 3.01. The number of hydrogen-bond donors (Lipinski definition) is 1. The van der Waals surface area contributed by atoms with E-state index in [-0.39, 0.29) is 17.2 Å². The number of nitrogens with zero attached hydrogens (tertiary/aromatic N) is 1. The van der Waals surface area contributed by atoms with Crippen LogP contribution in [0, 0.1) is 5.82 Å². The van der Waals surface area contributed by atoms with Crippen molar-refractivity contribution in [3.8, 4) is 0 Å². The van der Waals surface area contributed by atoms with Gasteiger partial charge in [-0.2, -0.15) is 0 Å². The number of amides is 2. The van der Waals surface area contributed by atoms with Gasteiger partial charge in [0.1, 0.15) is 11.2 Å². The van der Waals surface area contributed by atoms with Gasteiger partial charge in [-0.3, -0.25) is 0 Å². The van der Waals surface area contributed by atoms with E-state index in [1.54, 1.807) is 47.0 Å². The van der Waals surface area contributed by atoms with E-state index in [2.05, 4.69) is 5.32 Å². The minimum absolute atomic E-state index is 0.127. The van der Waals surface area contributed by atoms with E-state index in [0.29, 0.717) is 22.3 Å². The Morgan fingerprint density at radius 2 is 1.91 bits per heavy atom. The fourth-order valence-corrected chi connectivity index (χ4v) is 3.90. The number of hydrogen-bond acceptors (Lipinski definition) is 2. The minimum Gasteiger partial charge on any atom is -0.308 e. The van der Waals surface area contributed by atoms with Crippen molar-refractivity contribution in [2.24, 2.45) is 0 Å². The molecule has 1 aliphatic rings. The van der Waals surface area contributed by atoms with Crippen molar-refractivity contribution in [3.63, 3.8) is 0 Å². The lowest BCUT2D eigenvalue weighted by Crippen LogP contribution is -2.34. The summed E-state index contributed by atoms with van der Waals surface area (Å²) in [5, 5.41) is 3.51. The maximum Gasteiger partial charge on any atom is 0.323 e. The zero-order valence-corrected chi connectivity index (χ0v) is 14.3. The van der Waals surface area contributed by atoms with Gasteiger partial charge in [-0.15, -0.1) is 11.8 Å². The van der Waals surface area contributed by atoms with Crippen molar-refractivity contribution in [1.29, 1.82) is 0 Å². The van der Waals surface area contributed by atoms with E-state index < -0.39 is 0 Å². The summed E-state index contributed by atoms with van der Waals surface area (Å²) >= 11 is 13.5. The highest BCUT2D eigenvalue weighted by atomic mass is 35.5. The highest BCUT2D eigenvalue weighted by Crippen LogP contribution is 2.38. The monoisotopic (exact) mass is 370 g/mol. The number of benzene rings is 2. The number of nitrogens with one attached hydrogen (secondary N) is 1. The van der Waals surface area contributed by atoms with Gasteiger partial charge < -0.3 is 10.2 Å². The molecule has 0 unspecified atom stereocenters. The Morgan fingerprint density at radius 1 is 1.17 bits per heavy atom. The number of halogens is 3. The van der Waals surface area contributed by atoms with Gasteiger partial charge in [-0.1, -0.05) is 35.3 Å². The second kappa shape index (κ2) is 6.99. The van der Waals surface area contributed by atoms with Gasteiger partial charge in [-0.25, -0.2) is 9.18 Å². The van der Waals surface area contributed by atoms with Gasteiger partial charge in [-0.05, 0) is 35.9 Å². The summed E-state index contributed by atoms with van der Waals surface area (Å²) in [6, 6.07) is 10.9. The first kappa shape index (κ1) is 16.4. The highest BCUT2D eigenvalue weighted by molar-refractivity contribution is 7.99. The molecule has 2 aromatic carbocycles. The van der Waals surface area contributed by atoms with Crippen molar-refractivity contribution < 1.29 is 9.18 Å². The molecule has 23 heavy (non-hydrogen) atoms. The van der Waals surface area contributed by atoms with Crippen molar-refractivity contribution in [1.82, 2.24) is 4.90 Å². The molecule has 0 spiro atoms. The number of anilines is 1. The number of carbonyl (C=O) groups excluding carboxylic acids is 1. The lowest BCUT2D eigenvalue weighted by molar-refractivity contribution is 0.214. The van der Waals surface area contributed by atoms with Crippen LogP contribution in [-0.2, 0) is 0 Å².